The van der Waals surface area contributed by atoms with Crippen molar-refractivity contribution in [2.24, 2.45) is 0 Å². The first-order valence-electron chi connectivity index (χ1n) is 5.59. The molecule has 1 saturated carbocycles. The van der Waals surface area contributed by atoms with Crippen molar-refractivity contribution in [3.63, 3.8) is 0 Å². The van der Waals surface area contributed by atoms with E-state index in [9.17, 15) is 9.59 Å². The van der Waals surface area contributed by atoms with E-state index in [1.807, 2.05) is 0 Å². The van der Waals surface area contributed by atoms with Crippen LogP contribution in [0.2, 0.25) is 10.0 Å². The van der Waals surface area contributed by atoms with Gasteiger partial charge in [-0.2, -0.15) is 0 Å². The molecular weight excluding hydrogens is 291 g/mol. The number of esters is 1. The number of ether oxygens (including phenoxy) is 1. The molecule has 19 heavy (non-hydrogen) atoms. The maximum Gasteiger partial charge on any atom is 0.331 e. The molecule has 7 heteroatoms. The Labute approximate surface area is 120 Å². The van der Waals surface area contributed by atoms with Gasteiger partial charge in [0, 0.05) is 5.02 Å². The highest BCUT2D eigenvalue weighted by atomic mass is 35.5. The van der Waals surface area contributed by atoms with Gasteiger partial charge in [0.1, 0.15) is 5.54 Å². The first kappa shape index (κ1) is 14.0. The molecule has 0 spiro atoms. The zero-order valence-corrected chi connectivity index (χ0v) is 11.6. The third kappa shape index (κ3) is 3.11. The average molecular weight is 303 g/mol. The summed E-state index contributed by atoms with van der Waals surface area (Å²) in [6.07, 6.45) is 1.14. The zero-order valence-electron chi connectivity index (χ0n) is 10.1. The Bertz CT molecular complexity index is 530. The number of halogens is 2. The number of nitrogens with one attached hydrogen (secondary N) is 2. The zero-order chi connectivity index (χ0) is 14.0. The van der Waals surface area contributed by atoms with Gasteiger partial charge in [-0.15, -0.1) is 0 Å². The molecule has 1 aliphatic rings. The summed E-state index contributed by atoms with van der Waals surface area (Å²) >= 11 is 11.7. The van der Waals surface area contributed by atoms with Crippen LogP contribution < -0.4 is 10.6 Å². The molecule has 0 radical (unpaired) electrons. The van der Waals surface area contributed by atoms with E-state index in [0.717, 1.165) is 0 Å². The Kier molecular flexibility index (Phi) is 3.87. The molecule has 2 amide bonds. The number of carbonyl (C=O) groups excluding carboxylic acids is 2. The molecule has 1 aromatic rings. The molecule has 2 rings (SSSR count). The summed E-state index contributed by atoms with van der Waals surface area (Å²) in [4.78, 5) is 23.3. The predicted octanol–water partition coefficient (Wildman–Crippen LogP) is 2.82. The van der Waals surface area contributed by atoms with Gasteiger partial charge >= 0.3 is 12.0 Å². The van der Waals surface area contributed by atoms with Crippen LogP contribution in [0.3, 0.4) is 0 Å². The molecule has 0 saturated heterocycles. The average Bonchev–Trinajstić information content (AvgIpc) is 3.12. The third-order valence-electron chi connectivity index (χ3n) is 2.86. The summed E-state index contributed by atoms with van der Waals surface area (Å²) in [5.41, 5.74) is -0.471. The van der Waals surface area contributed by atoms with Crippen molar-refractivity contribution in [1.29, 1.82) is 0 Å². The van der Waals surface area contributed by atoms with E-state index in [1.54, 1.807) is 12.1 Å². The number of methoxy groups -OCH3 is 1. The number of anilines is 1. The number of carbonyl (C=O) groups is 2. The lowest BCUT2D eigenvalue weighted by molar-refractivity contribution is -0.144. The van der Waals surface area contributed by atoms with Crippen molar-refractivity contribution in [2.45, 2.75) is 18.4 Å². The minimum absolute atomic E-state index is 0.325. The summed E-state index contributed by atoms with van der Waals surface area (Å²) in [6.45, 7) is 0. The van der Waals surface area contributed by atoms with Crippen molar-refractivity contribution < 1.29 is 14.3 Å². The van der Waals surface area contributed by atoms with Crippen LogP contribution in [0, 0.1) is 0 Å². The topological polar surface area (TPSA) is 67.4 Å². The van der Waals surface area contributed by atoms with Gasteiger partial charge in [-0.1, -0.05) is 23.2 Å². The number of urea groups is 1. The molecule has 0 bridgehead atoms. The van der Waals surface area contributed by atoms with Crippen molar-refractivity contribution in [1.82, 2.24) is 5.32 Å². The minimum atomic E-state index is -0.891. The Hall–Kier alpha value is -1.46. The van der Waals surface area contributed by atoms with Gasteiger partial charge in [0.05, 0.1) is 17.8 Å². The standard InChI is InChI=1S/C12H12Cl2N2O3/c1-19-10(17)12(4-5-12)16-11(18)15-9-3-2-7(13)6-8(9)14/h2-3,6H,4-5H2,1H3,(H2,15,16,18). The van der Waals surface area contributed by atoms with Gasteiger partial charge in [-0.25, -0.2) is 9.59 Å². The van der Waals surface area contributed by atoms with Crippen LogP contribution in [0.15, 0.2) is 18.2 Å². The second kappa shape index (κ2) is 5.27. The van der Waals surface area contributed by atoms with Crippen molar-refractivity contribution >= 4 is 40.9 Å². The van der Waals surface area contributed by atoms with Crippen LogP contribution >= 0.6 is 23.2 Å². The molecule has 102 valence electrons. The molecule has 2 N–H and O–H groups in total. The summed E-state index contributed by atoms with van der Waals surface area (Å²) in [7, 11) is 1.29. The van der Waals surface area contributed by atoms with Crippen LogP contribution in [-0.4, -0.2) is 24.6 Å². The van der Waals surface area contributed by atoms with Crippen molar-refractivity contribution in [3.05, 3.63) is 28.2 Å². The van der Waals surface area contributed by atoms with Crippen molar-refractivity contribution in [2.75, 3.05) is 12.4 Å². The van der Waals surface area contributed by atoms with Crippen LogP contribution in [0.4, 0.5) is 10.5 Å². The van der Waals surface area contributed by atoms with E-state index in [4.69, 9.17) is 23.2 Å². The highest BCUT2D eigenvalue weighted by molar-refractivity contribution is 6.36. The van der Waals surface area contributed by atoms with Crippen LogP contribution in [-0.2, 0) is 9.53 Å². The lowest BCUT2D eigenvalue weighted by atomic mass is 10.3. The maximum absolute atomic E-state index is 11.8. The normalized spacial score (nSPS) is 15.5. The smallest absolute Gasteiger partial charge is 0.331 e. The quantitative estimate of drug-likeness (QED) is 0.844. The van der Waals surface area contributed by atoms with E-state index in [2.05, 4.69) is 15.4 Å². The lowest BCUT2D eigenvalue weighted by Crippen LogP contribution is -2.45. The van der Waals surface area contributed by atoms with E-state index < -0.39 is 17.5 Å². The summed E-state index contributed by atoms with van der Waals surface area (Å²) in [5, 5.41) is 5.96. The Balaban J connectivity index is 2.00. The van der Waals surface area contributed by atoms with Gasteiger partial charge < -0.3 is 15.4 Å². The number of amides is 2. The molecule has 0 unspecified atom stereocenters. The van der Waals surface area contributed by atoms with E-state index >= 15 is 0 Å². The fourth-order valence-corrected chi connectivity index (χ4v) is 2.12. The second-order valence-electron chi connectivity index (χ2n) is 4.28. The molecule has 5 nitrogen and oxygen atoms in total. The van der Waals surface area contributed by atoms with Crippen LogP contribution in [0.5, 0.6) is 0 Å². The Morgan fingerprint density at radius 2 is 2.00 bits per heavy atom. The molecule has 1 aromatic carbocycles. The highest BCUT2D eigenvalue weighted by Gasteiger charge is 2.52. The van der Waals surface area contributed by atoms with Gasteiger partial charge in [0.25, 0.3) is 0 Å². The first-order valence-corrected chi connectivity index (χ1v) is 6.35. The first-order chi connectivity index (χ1) is 8.97. The number of rotatable bonds is 3. The molecular formula is C12H12Cl2N2O3. The number of hydrogen-bond acceptors (Lipinski definition) is 3. The fourth-order valence-electron chi connectivity index (χ4n) is 1.66. The monoisotopic (exact) mass is 302 g/mol. The van der Waals surface area contributed by atoms with E-state index in [-0.39, 0.29) is 0 Å². The van der Waals surface area contributed by atoms with Gasteiger partial charge in [-0.05, 0) is 31.0 Å². The van der Waals surface area contributed by atoms with Crippen LogP contribution in [0.1, 0.15) is 12.8 Å². The molecule has 0 aliphatic heterocycles. The second-order valence-corrected chi connectivity index (χ2v) is 5.12. The van der Waals surface area contributed by atoms with E-state index in [1.165, 1.54) is 13.2 Å². The van der Waals surface area contributed by atoms with Crippen LogP contribution in [0.25, 0.3) is 0 Å². The number of hydrogen-bond donors (Lipinski definition) is 2. The molecule has 1 fully saturated rings. The minimum Gasteiger partial charge on any atom is -0.467 e. The van der Waals surface area contributed by atoms with Gasteiger partial charge in [-0.3, -0.25) is 0 Å². The third-order valence-corrected chi connectivity index (χ3v) is 3.41. The number of benzene rings is 1. The molecule has 0 aromatic heterocycles. The summed E-state index contributed by atoms with van der Waals surface area (Å²) in [5.74, 6) is -0.440. The highest BCUT2D eigenvalue weighted by Crippen LogP contribution is 2.36. The van der Waals surface area contributed by atoms with Gasteiger partial charge in [0.2, 0.25) is 0 Å². The fraction of sp³-hybridized carbons (Fsp3) is 0.333. The van der Waals surface area contributed by atoms with E-state index in [0.29, 0.717) is 28.6 Å². The molecule has 1 aliphatic carbocycles. The Morgan fingerprint density at radius 1 is 1.32 bits per heavy atom. The van der Waals surface area contributed by atoms with Crippen molar-refractivity contribution in [3.8, 4) is 0 Å². The Morgan fingerprint density at radius 3 is 2.53 bits per heavy atom. The SMILES string of the molecule is COC(=O)C1(NC(=O)Nc2ccc(Cl)cc2Cl)CC1. The summed E-state index contributed by atoms with van der Waals surface area (Å²) < 4.78 is 4.64. The summed E-state index contributed by atoms with van der Waals surface area (Å²) in [6, 6.07) is 4.21. The molecule has 0 heterocycles. The predicted molar refractivity (Wildman–Crippen MR) is 72.6 cm³/mol. The largest absolute Gasteiger partial charge is 0.467 e. The maximum atomic E-state index is 11.8. The molecule has 0 atom stereocenters. The lowest BCUT2D eigenvalue weighted by Gasteiger charge is -2.15. The van der Waals surface area contributed by atoms with Gasteiger partial charge in [0.15, 0.2) is 0 Å².